The maximum atomic E-state index is 5.95. The average Bonchev–Trinajstić information content (AvgIpc) is 3.08. The van der Waals surface area contributed by atoms with Crippen molar-refractivity contribution in [3.8, 4) is 5.75 Å². The van der Waals surface area contributed by atoms with Gasteiger partial charge in [0.25, 0.3) is 0 Å². The number of aliphatic imine (C=N–C) groups is 1. The van der Waals surface area contributed by atoms with Gasteiger partial charge in [0.2, 0.25) is 0 Å². The Bertz CT molecular complexity index is 912. The summed E-state index contributed by atoms with van der Waals surface area (Å²) < 4.78 is 5.95. The largest absolute Gasteiger partial charge is 0.491 e. The molecule has 0 spiro atoms. The van der Waals surface area contributed by atoms with Crippen molar-refractivity contribution in [2.24, 2.45) is 4.99 Å². The fourth-order valence-corrected chi connectivity index (χ4v) is 2.99. The summed E-state index contributed by atoms with van der Waals surface area (Å²) in [7, 11) is 1.77. The van der Waals surface area contributed by atoms with E-state index < -0.39 is 0 Å². The first-order valence-corrected chi connectivity index (χ1v) is 9.69. The molecule has 0 saturated heterocycles. The molecule has 3 aromatic rings. The van der Waals surface area contributed by atoms with E-state index >= 15 is 0 Å². The second kappa shape index (κ2) is 9.26. The molecule has 0 atom stereocenters. The Morgan fingerprint density at radius 1 is 1.18 bits per heavy atom. The summed E-state index contributed by atoms with van der Waals surface area (Å²) in [6, 6.07) is 14.3. The van der Waals surface area contributed by atoms with Gasteiger partial charge in [-0.15, -0.1) is 0 Å². The number of aromatic nitrogens is 2. The molecule has 1 aromatic heterocycles. The van der Waals surface area contributed by atoms with Crippen LogP contribution in [-0.2, 0) is 13.0 Å². The highest BCUT2D eigenvalue weighted by Gasteiger charge is 2.08. The number of fused-ring (bicyclic) bond motifs is 1. The second-order valence-electron chi connectivity index (χ2n) is 7.08. The Hall–Kier alpha value is -3.02. The summed E-state index contributed by atoms with van der Waals surface area (Å²) >= 11 is 0. The number of imidazole rings is 1. The third-order valence-corrected chi connectivity index (χ3v) is 4.35. The molecular weight excluding hydrogens is 350 g/mol. The number of para-hydroxylation sites is 2. The van der Waals surface area contributed by atoms with Crippen molar-refractivity contribution < 1.29 is 4.74 Å². The van der Waals surface area contributed by atoms with Gasteiger partial charge in [0.05, 0.1) is 17.1 Å². The highest BCUT2D eigenvalue weighted by molar-refractivity contribution is 5.79. The van der Waals surface area contributed by atoms with E-state index in [4.69, 9.17) is 4.74 Å². The number of ether oxygens (including phenoxy) is 1. The van der Waals surface area contributed by atoms with Crippen LogP contribution in [-0.4, -0.2) is 35.6 Å². The monoisotopic (exact) mass is 379 g/mol. The van der Waals surface area contributed by atoms with E-state index in [1.807, 2.05) is 38.1 Å². The minimum Gasteiger partial charge on any atom is -0.491 e. The van der Waals surface area contributed by atoms with Crippen molar-refractivity contribution in [3.63, 3.8) is 0 Å². The van der Waals surface area contributed by atoms with E-state index in [1.54, 1.807) is 7.05 Å². The number of benzene rings is 2. The van der Waals surface area contributed by atoms with Gasteiger partial charge >= 0.3 is 0 Å². The lowest BCUT2D eigenvalue weighted by Crippen LogP contribution is -2.38. The van der Waals surface area contributed by atoms with Crippen LogP contribution < -0.4 is 15.4 Å². The third kappa shape index (κ3) is 5.25. The Balaban J connectivity index is 1.53. The van der Waals surface area contributed by atoms with Gasteiger partial charge in [-0.05, 0) is 44.5 Å². The number of nitrogens with zero attached hydrogens (tertiary/aromatic N) is 2. The molecule has 6 nitrogen and oxygen atoms in total. The van der Waals surface area contributed by atoms with Crippen molar-refractivity contribution in [2.75, 3.05) is 13.6 Å². The van der Waals surface area contributed by atoms with E-state index in [0.717, 1.165) is 47.1 Å². The van der Waals surface area contributed by atoms with Crippen molar-refractivity contribution in [1.82, 2.24) is 20.6 Å². The van der Waals surface area contributed by atoms with E-state index in [1.165, 1.54) is 5.56 Å². The molecule has 0 bridgehead atoms. The van der Waals surface area contributed by atoms with Crippen LogP contribution in [0.15, 0.2) is 47.5 Å². The Labute approximate surface area is 166 Å². The van der Waals surface area contributed by atoms with E-state index in [0.29, 0.717) is 6.54 Å². The van der Waals surface area contributed by atoms with Crippen LogP contribution in [0.1, 0.15) is 30.8 Å². The second-order valence-corrected chi connectivity index (χ2v) is 7.08. The van der Waals surface area contributed by atoms with Crippen LogP contribution in [0.3, 0.4) is 0 Å². The van der Waals surface area contributed by atoms with Gasteiger partial charge in [0.1, 0.15) is 11.6 Å². The molecule has 0 unspecified atom stereocenters. The van der Waals surface area contributed by atoms with Gasteiger partial charge in [-0.2, -0.15) is 0 Å². The highest BCUT2D eigenvalue weighted by Crippen LogP contribution is 2.21. The number of aromatic amines is 1. The fraction of sp³-hybridized carbons (Fsp3) is 0.364. The quantitative estimate of drug-likeness (QED) is 0.433. The van der Waals surface area contributed by atoms with Gasteiger partial charge < -0.3 is 20.4 Å². The van der Waals surface area contributed by atoms with Crippen LogP contribution in [0.5, 0.6) is 5.75 Å². The van der Waals surface area contributed by atoms with Crippen LogP contribution in [0.25, 0.3) is 11.0 Å². The lowest BCUT2D eigenvalue weighted by Gasteiger charge is -2.17. The molecule has 0 radical (unpaired) electrons. The summed E-state index contributed by atoms with van der Waals surface area (Å²) in [5.74, 6) is 2.64. The molecule has 0 amide bonds. The van der Waals surface area contributed by atoms with Crippen molar-refractivity contribution in [2.45, 2.75) is 39.8 Å². The van der Waals surface area contributed by atoms with E-state index in [2.05, 4.69) is 50.7 Å². The molecule has 6 heteroatoms. The van der Waals surface area contributed by atoms with Crippen LogP contribution in [0, 0.1) is 6.92 Å². The number of aryl methyl sites for hydroxylation is 1. The molecular formula is C22H29N5O. The fourth-order valence-electron chi connectivity index (χ4n) is 2.99. The third-order valence-electron chi connectivity index (χ3n) is 4.35. The first-order valence-electron chi connectivity index (χ1n) is 9.69. The molecule has 3 rings (SSSR count). The lowest BCUT2D eigenvalue weighted by molar-refractivity contribution is 0.239. The van der Waals surface area contributed by atoms with E-state index in [9.17, 15) is 0 Å². The molecule has 0 aliphatic rings. The summed E-state index contributed by atoms with van der Waals surface area (Å²) in [6.07, 6.45) is 0.934. The Kier molecular flexibility index (Phi) is 6.53. The van der Waals surface area contributed by atoms with E-state index in [-0.39, 0.29) is 6.10 Å². The van der Waals surface area contributed by atoms with Crippen molar-refractivity contribution >= 4 is 17.0 Å². The zero-order valence-corrected chi connectivity index (χ0v) is 17.0. The topological polar surface area (TPSA) is 74.3 Å². The summed E-state index contributed by atoms with van der Waals surface area (Å²) in [5.41, 5.74) is 4.36. The number of hydrogen-bond acceptors (Lipinski definition) is 3. The van der Waals surface area contributed by atoms with Crippen LogP contribution in [0.4, 0.5) is 0 Å². The maximum Gasteiger partial charge on any atom is 0.191 e. The minimum atomic E-state index is 0.141. The normalized spacial score (nSPS) is 11.8. The molecule has 0 fully saturated rings. The SMILES string of the molecule is CN=C(NCCc1nc2ccccc2[nH]1)NCc1ccc(C)cc1OC(C)C. The first-order chi connectivity index (χ1) is 13.5. The summed E-state index contributed by atoms with van der Waals surface area (Å²) in [6.45, 7) is 7.54. The molecule has 3 N–H and O–H groups in total. The zero-order chi connectivity index (χ0) is 19.9. The van der Waals surface area contributed by atoms with Gasteiger partial charge in [-0.1, -0.05) is 24.3 Å². The summed E-state index contributed by atoms with van der Waals surface area (Å²) in [5, 5.41) is 6.70. The molecule has 0 aliphatic heterocycles. The van der Waals surface area contributed by atoms with Crippen molar-refractivity contribution in [3.05, 3.63) is 59.4 Å². The Morgan fingerprint density at radius 3 is 2.75 bits per heavy atom. The number of rotatable bonds is 7. The molecule has 28 heavy (non-hydrogen) atoms. The highest BCUT2D eigenvalue weighted by atomic mass is 16.5. The van der Waals surface area contributed by atoms with Gasteiger partial charge in [0.15, 0.2) is 5.96 Å². The van der Waals surface area contributed by atoms with Gasteiger partial charge in [-0.3, -0.25) is 4.99 Å². The van der Waals surface area contributed by atoms with Crippen LogP contribution >= 0.6 is 0 Å². The zero-order valence-electron chi connectivity index (χ0n) is 17.0. The number of guanidine groups is 1. The number of hydrogen-bond donors (Lipinski definition) is 3. The average molecular weight is 380 g/mol. The molecule has 0 aliphatic carbocycles. The number of H-pyrrole nitrogens is 1. The maximum absolute atomic E-state index is 5.95. The molecule has 148 valence electrons. The van der Waals surface area contributed by atoms with Gasteiger partial charge in [-0.25, -0.2) is 4.98 Å². The summed E-state index contributed by atoms with van der Waals surface area (Å²) in [4.78, 5) is 12.3. The lowest BCUT2D eigenvalue weighted by atomic mass is 10.1. The Morgan fingerprint density at radius 2 is 2.00 bits per heavy atom. The smallest absolute Gasteiger partial charge is 0.191 e. The van der Waals surface area contributed by atoms with Gasteiger partial charge in [0, 0.05) is 32.1 Å². The predicted molar refractivity (Wildman–Crippen MR) is 115 cm³/mol. The first kappa shape index (κ1) is 19.7. The molecule has 0 saturated carbocycles. The van der Waals surface area contributed by atoms with Crippen LogP contribution in [0.2, 0.25) is 0 Å². The predicted octanol–water partition coefficient (Wildman–Crippen LogP) is 3.57. The van der Waals surface area contributed by atoms with Crippen molar-refractivity contribution in [1.29, 1.82) is 0 Å². The molecule has 2 aromatic carbocycles. The standard InChI is InChI=1S/C22H29N5O/c1-15(2)28-20-13-16(3)9-10-17(20)14-25-22(23-4)24-12-11-21-26-18-7-5-6-8-19(18)27-21/h5-10,13,15H,11-12,14H2,1-4H3,(H,26,27)(H2,23,24,25). The minimum absolute atomic E-state index is 0.141. The number of nitrogens with one attached hydrogen (secondary N) is 3. The molecule has 1 heterocycles.